The normalized spacial score (nSPS) is 10.2. The monoisotopic (exact) mass is 143 g/mol. The molecule has 4 heteroatoms. The van der Waals surface area contributed by atoms with Crippen molar-refractivity contribution in [2.24, 2.45) is 0 Å². The second-order valence-electron chi connectivity index (χ2n) is 2.12. The van der Waals surface area contributed by atoms with Crippen LogP contribution in [0.5, 0.6) is 0 Å². The van der Waals surface area contributed by atoms with Crippen molar-refractivity contribution in [2.75, 3.05) is 12.4 Å². The lowest BCUT2D eigenvalue weighted by atomic mass is 10.4. The van der Waals surface area contributed by atoms with Gasteiger partial charge in [0.05, 0.1) is 12.7 Å². The molecule has 0 fully saturated rings. The molecule has 0 aliphatic heterocycles. The quantitative estimate of drug-likeness (QED) is 0.663. The molecule has 0 radical (unpaired) electrons. The fourth-order valence-corrected chi connectivity index (χ4v) is 0.746. The molecule has 1 rings (SSSR count). The molecule has 1 aromatic rings. The molecule has 1 heterocycles. The van der Waals surface area contributed by atoms with Gasteiger partial charge in [0.1, 0.15) is 12.5 Å². The maximum absolute atomic E-state index is 11.8. The molecule has 56 valence electrons. The van der Waals surface area contributed by atoms with Crippen LogP contribution in [-0.4, -0.2) is 16.5 Å². The molecular weight excluding hydrogens is 133 g/mol. The molecule has 2 N–H and O–H groups in total. The van der Waals surface area contributed by atoms with Crippen molar-refractivity contribution >= 4 is 5.82 Å². The zero-order valence-corrected chi connectivity index (χ0v) is 5.84. The predicted molar refractivity (Wildman–Crippen MR) is 37.4 cm³/mol. The number of alkyl halides is 1. The van der Waals surface area contributed by atoms with Gasteiger partial charge in [-0.1, -0.05) is 0 Å². The van der Waals surface area contributed by atoms with E-state index < -0.39 is 6.67 Å². The van der Waals surface area contributed by atoms with Crippen LogP contribution in [0.2, 0.25) is 0 Å². The van der Waals surface area contributed by atoms with Gasteiger partial charge < -0.3 is 5.73 Å². The van der Waals surface area contributed by atoms with Crippen LogP contribution in [0.3, 0.4) is 0 Å². The lowest BCUT2D eigenvalue weighted by molar-refractivity contribution is 0.430. The van der Waals surface area contributed by atoms with Gasteiger partial charge in [0.15, 0.2) is 0 Å². The van der Waals surface area contributed by atoms with Crippen LogP contribution < -0.4 is 5.73 Å². The highest BCUT2D eigenvalue weighted by Crippen LogP contribution is 2.07. The van der Waals surface area contributed by atoms with Crippen LogP contribution in [-0.2, 0) is 6.54 Å². The largest absolute Gasteiger partial charge is 0.384 e. The standard InChI is InChI=1S/C6H10FN3/c1-5-4-9-10(3-2-7)6(5)8/h4H,2-3,8H2,1H3. The smallest absolute Gasteiger partial charge is 0.124 e. The van der Waals surface area contributed by atoms with E-state index in [0.717, 1.165) is 5.56 Å². The number of rotatable bonds is 2. The van der Waals surface area contributed by atoms with Crippen molar-refractivity contribution in [3.63, 3.8) is 0 Å². The second kappa shape index (κ2) is 2.68. The third-order valence-electron chi connectivity index (χ3n) is 1.37. The van der Waals surface area contributed by atoms with Gasteiger partial charge in [0.2, 0.25) is 0 Å². The number of hydrogen-bond donors (Lipinski definition) is 1. The third-order valence-corrected chi connectivity index (χ3v) is 1.37. The summed E-state index contributed by atoms with van der Waals surface area (Å²) in [6.07, 6.45) is 1.63. The van der Waals surface area contributed by atoms with Gasteiger partial charge in [-0.15, -0.1) is 0 Å². The Balaban J connectivity index is 2.83. The van der Waals surface area contributed by atoms with E-state index in [-0.39, 0.29) is 6.54 Å². The van der Waals surface area contributed by atoms with Gasteiger partial charge >= 0.3 is 0 Å². The van der Waals surface area contributed by atoms with Gasteiger partial charge in [0, 0.05) is 5.56 Å². The summed E-state index contributed by atoms with van der Waals surface area (Å²) in [5.74, 6) is 0.553. The van der Waals surface area contributed by atoms with E-state index in [1.807, 2.05) is 6.92 Å². The van der Waals surface area contributed by atoms with Crippen molar-refractivity contribution in [1.82, 2.24) is 9.78 Å². The first-order valence-corrected chi connectivity index (χ1v) is 3.09. The molecular formula is C6H10FN3. The number of anilines is 1. The average Bonchev–Trinajstić information content (AvgIpc) is 2.20. The minimum atomic E-state index is -0.425. The Labute approximate surface area is 58.6 Å². The topological polar surface area (TPSA) is 43.8 Å². The number of nitrogens with zero attached hydrogens (tertiary/aromatic N) is 2. The van der Waals surface area contributed by atoms with Crippen molar-refractivity contribution in [3.8, 4) is 0 Å². The minimum Gasteiger partial charge on any atom is -0.384 e. The number of nitrogen functional groups attached to an aromatic ring is 1. The molecule has 0 atom stereocenters. The van der Waals surface area contributed by atoms with Crippen molar-refractivity contribution in [1.29, 1.82) is 0 Å². The third kappa shape index (κ3) is 1.10. The first kappa shape index (κ1) is 7.05. The molecule has 0 bridgehead atoms. The van der Waals surface area contributed by atoms with E-state index in [1.54, 1.807) is 6.20 Å². The van der Waals surface area contributed by atoms with Crippen molar-refractivity contribution in [3.05, 3.63) is 11.8 Å². The first-order valence-electron chi connectivity index (χ1n) is 3.09. The number of halogens is 1. The van der Waals surface area contributed by atoms with E-state index in [2.05, 4.69) is 5.10 Å². The zero-order chi connectivity index (χ0) is 7.56. The molecule has 0 saturated heterocycles. The molecule has 0 amide bonds. The van der Waals surface area contributed by atoms with Crippen LogP contribution in [0.4, 0.5) is 10.2 Å². The van der Waals surface area contributed by atoms with Crippen LogP contribution in [0, 0.1) is 6.92 Å². The maximum atomic E-state index is 11.8. The Morgan fingerprint density at radius 2 is 2.50 bits per heavy atom. The minimum absolute atomic E-state index is 0.250. The fraction of sp³-hybridized carbons (Fsp3) is 0.500. The summed E-state index contributed by atoms with van der Waals surface area (Å²) in [4.78, 5) is 0. The van der Waals surface area contributed by atoms with Gasteiger partial charge in [0.25, 0.3) is 0 Å². The fourth-order valence-electron chi connectivity index (χ4n) is 0.746. The van der Waals surface area contributed by atoms with E-state index in [9.17, 15) is 4.39 Å². The van der Waals surface area contributed by atoms with Gasteiger partial charge in [-0.25, -0.2) is 9.07 Å². The summed E-state index contributed by atoms with van der Waals surface area (Å²) >= 11 is 0. The maximum Gasteiger partial charge on any atom is 0.124 e. The van der Waals surface area contributed by atoms with Gasteiger partial charge in [-0.3, -0.25) is 0 Å². The summed E-state index contributed by atoms with van der Waals surface area (Å²) in [5, 5.41) is 3.86. The van der Waals surface area contributed by atoms with Crippen LogP contribution in [0.1, 0.15) is 5.56 Å². The summed E-state index contributed by atoms with van der Waals surface area (Å²) < 4.78 is 13.2. The Hall–Kier alpha value is -1.06. The number of aromatic nitrogens is 2. The van der Waals surface area contributed by atoms with Crippen LogP contribution >= 0.6 is 0 Å². The molecule has 10 heavy (non-hydrogen) atoms. The summed E-state index contributed by atoms with van der Waals surface area (Å²) in [6, 6.07) is 0. The Kier molecular flexibility index (Phi) is 1.89. The Morgan fingerprint density at radius 3 is 2.90 bits per heavy atom. The highest BCUT2D eigenvalue weighted by Gasteiger charge is 2.00. The van der Waals surface area contributed by atoms with Crippen LogP contribution in [0.25, 0.3) is 0 Å². The number of nitrogens with two attached hydrogens (primary N) is 1. The number of aryl methyl sites for hydroxylation is 2. The van der Waals surface area contributed by atoms with E-state index in [0.29, 0.717) is 5.82 Å². The molecule has 0 aliphatic rings. The summed E-state index contributed by atoms with van der Waals surface area (Å²) in [6.45, 7) is 1.67. The second-order valence-corrected chi connectivity index (χ2v) is 2.12. The van der Waals surface area contributed by atoms with E-state index >= 15 is 0 Å². The van der Waals surface area contributed by atoms with Crippen molar-refractivity contribution < 1.29 is 4.39 Å². The van der Waals surface area contributed by atoms with Crippen molar-refractivity contribution in [2.45, 2.75) is 13.5 Å². The average molecular weight is 143 g/mol. The number of hydrogen-bond acceptors (Lipinski definition) is 2. The zero-order valence-electron chi connectivity index (χ0n) is 5.84. The van der Waals surface area contributed by atoms with Gasteiger partial charge in [-0.2, -0.15) is 5.10 Å². The highest BCUT2D eigenvalue weighted by molar-refractivity contribution is 5.36. The van der Waals surface area contributed by atoms with Crippen LogP contribution in [0.15, 0.2) is 6.20 Å². The molecule has 0 saturated carbocycles. The SMILES string of the molecule is Cc1cnn(CCF)c1N. The van der Waals surface area contributed by atoms with E-state index in [4.69, 9.17) is 5.73 Å². The lowest BCUT2D eigenvalue weighted by Crippen LogP contribution is -2.05. The lowest BCUT2D eigenvalue weighted by Gasteiger charge is -1.98. The van der Waals surface area contributed by atoms with Gasteiger partial charge in [-0.05, 0) is 6.92 Å². The molecule has 0 aliphatic carbocycles. The molecule has 1 aromatic heterocycles. The molecule has 3 nitrogen and oxygen atoms in total. The molecule has 0 spiro atoms. The molecule has 0 unspecified atom stereocenters. The van der Waals surface area contributed by atoms with E-state index in [1.165, 1.54) is 4.68 Å². The Bertz CT molecular complexity index is 219. The summed E-state index contributed by atoms with van der Waals surface area (Å²) in [5.41, 5.74) is 6.42. The highest BCUT2D eigenvalue weighted by atomic mass is 19.1. The molecule has 0 aromatic carbocycles. The first-order chi connectivity index (χ1) is 4.75. The summed E-state index contributed by atoms with van der Waals surface area (Å²) in [7, 11) is 0. The Morgan fingerprint density at radius 1 is 1.80 bits per heavy atom. The predicted octanol–water partition coefficient (Wildman–Crippen LogP) is 0.743.